The number of nitrogens with one attached hydrogen (secondary N) is 1. The molecule has 2 aromatic rings. The van der Waals surface area contributed by atoms with Crippen molar-refractivity contribution in [1.29, 1.82) is 0 Å². The first-order valence-electron chi connectivity index (χ1n) is 8.91. The van der Waals surface area contributed by atoms with Gasteiger partial charge in [0.15, 0.2) is 0 Å². The van der Waals surface area contributed by atoms with Gasteiger partial charge in [0, 0.05) is 25.2 Å². The Bertz CT molecular complexity index is 861. The lowest BCUT2D eigenvalue weighted by atomic mass is 10.1. The van der Waals surface area contributed by atoms with Gasteiger partial charge in [-0.05, 0) is 43.2 Å². The number of rotatable bonds is 6. The number of benzene rings is 2. The number of carboxylic acid groups (broad SMARTS) is 1. The van der Waals surface area contributed by atoms with E-state index in [4.69, 9.17) is 5.11 Å². The Kier molecular flexibility index (Phi) is 5.54. The molecule has 1 unspecified atom stereocenters. The molecule has 0 radical (unpaired) electrons. The molecule has 6 nitrogen and oxygen atoms in total. The monoisotopic (exact) mass is 366 g/mol. The van der Waals surface area contributed by atoms with Gasteiger partial charge in [-0.2, -0.15) is 0 Å². The summed E-state index contributed by atoms with van der Waals surface area (Å²) in [7, 11) is 0. The van der Waals surface area contributed by atoms with Crippen LogP contribution in [0.1, 0.15) is 27.9 Å². The number of aromatic carboxylic acids is 1. The molecule has 6 heteroatoms. The molecule has 0 aromatic heterocycles. The third-order valence-electron chi connectivity index (χ3n) is 4.73. The maximum absolute atomic E-state index is 12.4. The van der Waals surface area contributed by atoms with Gasteiger partial charge in [-0.25, -0.2) is 4.79 Å². The summed E-state index contributed by atoms with van der Waals surface area (Å²) in [5.41, 5.74) is 3.01. The average molecular weight is 366 g/mol. The van der Waals surface area contributed by atoms with Gasteiger partial charge in [0.2, 0.25) is 11.8 Å². The number of aryl methyl sites for hydroxylation is 1. The van der Waals surface area contributed by atoms with E-state index >= 15 is 0 Å². The van der Waals surface area contributed by atoms with Gasteiger partial charge in [0.1, 0.15) is 0 Å². The summed E-state index contributed by atoms with van der Waals surface area (Å²) >= 11 is 0. The minimum absolute atomic E-state index is 0.0480. The summed E-state index contributed by atoms with van der Waals surface area (Å²) < 4.78 is 0. The van der Waals surface area contributed by atoms with Gasteiger partial charge in [-0.15, -0.1) is 0 Å². The summed E-state index contributed by atoms with van der Waals surface area (Å²) in [6.45, 7) is 2.76. The molecule has 1 heterocycles. The molecule has 0 spiro atoms. The smallest absolute Gasteiger partial charge is 0.335 e. The summed E-state index contributed by atoms with van der Waals surface area (Å²) in [4.78, 5) is 37.3. The van der Waals surface area contributed by atoms with Crippen LogP contribution in [0.3, 0.4) is 0 Å². The molecule has 140 valence electrons. The van der Waals surface area contributed by atoms with Gasteiger partial charge >= 0.3 is 5.97 Å². The van der Waals surface area contributed by atoms with Crippen LogP contribution in [0.4, 0.5) is 5.69 Å². The summed E-state index contributed by atoms with van der Waals surface area (Å²) in [5, 5.41) is 11.9. The zero-order valence-electron chi connectivity index (χ0n) is 15.1. The predicted octanol–water partition coefficient (Wildman–Crippen LogP) is 2.41. The topological polar surface area (TPSA) is 86.7 Å². The first-order valence-corrected chi connectivity index (χ1v) is 8.91. The third-order valence-corrected chi connectivity index (χ3v) is 4.73. The minimum Gasteiger partial charge on any atom is -0.478 e. The molecule has 0 bridgehead atoms. The molecule has 1 atom stereocenters. The van der Waals surface area contributed by atoms with E-state index in [9.17, 15) is 14.4 Å². The lowest BCUT2D eigenvalue weighted by Gasteiger charge is -2.17. The van der Waals surface area contributed by atoms with Crippen molar-refractivity contribution in [2.45, 2.75) is 19.8 Å². The Hall–Kier alpha value is -3.15. The quantitative estimate of drug-likeness (QED) is 0.822. The second kappa shape index (κ2) is 8.03. The van der Waals surface area contributed by atoms with Crippen LogP contribution in [0.15, 0.2) is 48.5 Å². The van der Waals surface area contributed by atoms with Crippen molar-refractivity contribution in [2.75, 3.05) is 18.0 Å². The van der Waals surface area contributed by atoms with Gasteiger partial charge in [-0.1, -0.05) is 29.8 Å². The highest BCUT2D eigenvalue weighted by Crippen LogP contribution is 2.25. The van der Waals surface area contributed by atoms with Crippen molar-refractivity contribution in [3.8, 4) is 0 Å². The van der Waals surface area contributed by atoms with E-state index in [2.05, 4.69) is 5.32 Å². The fourth-order valence-corrected chi connectivity index (χ4v) is 3.19. The van der Waals surface area contributed by atoms with E-state index in [1.165, 1.54) is 6.07 Å². The van der Waals surface area contributed by atoms with E-state index in [1.54, 1.807) is 17.0 Å². The summed E-state index contributed by atoms with van der Waals surface area (Å²) in [5.74, 6) is -1.54. The molecule has 1 aliphatic heterocycles. The number of carboxylic acids is 1. The highest BCUT2D eigenvalue weighted by Gasteiger charge is 2.34. The van der Waals surface area contributed by atoms with E-state index < -0.39 is 5.97 Å². The zero-order chi connectivity index (χ0) is 19.4. The first-order chi connectivity index (χ1) is 12.9. The third kappa shape index (κ3) is 4.53. The fraction of sp³-hybridized carbons (Fsp3) is 0.286. The van der Waals surface area contributed by atoms with E-state index in [0.29, 0.717) is 19.5 Å². The molecule has 27 heavy (non-hydrogen) atoms. The number of hydrogen-bond acceptors (Lipinski definition) is 3. The molecule has 1 aliphatic rings. The van der Waals surface area contributed by atoms with Crippen LogP contribution >= 0.6 is 0 Å². The Balaban J connectivity index is 1.53. The average Bonchev–Trinajstić information content (AvgIpc) is 3.04. The molecule has 0 aliphatic carbocycles. The molecular formula is C21H22N2O4. The normalized spacial score (nSPS) is 16.4. The van der Waals surface area contributed by atoms with Gasteiger partial charge < -0.3 is 15.3 Å². The van der Waals surface area contributed by atoms with Crippen LogP contribution in [0, 0.1) is 12.8 Å². The first kappa shape index (κ1) is 18.6. The van der Waals surface area contributed by atoms with Gasteiger partial charge in [0.05, 0.1) is 11.5 Å². The predicted molar refractivity (Wildman–Crippen MR) is 102 cm³/mol. The largest absolute Gasteiger partial charge is 0.478 e. The van der Waals surface area contributed by atoms with Crippen molar-refractivity contribution < 1.29 is 19.5 Å². The number of anilines is 1. The molecule has 1 saturated heterocycles. The second-order valence-electron chi connectivity index (χ2n) is 6.79. The number of carbonyl (C=O) groups excluding carboxylic acids is 2. The zero-order valence-corrected chi connectivity index (χ0v) is 15.1. The number of nitrogens with zero attached hydrogens (tertiary/aromatic N) is 1. The van der Waals surface area contributed by atoms with Crippen molar-refractivity contribution >= 4 is 23.5 Å². The van der Waals surface area contributed by atoms with Crippen molar-refractivity contribution in [2.24, 2.45) is 5.92 Å². The van der Waals surface area contributed by atoms with Crippen LogP contribution in [0.5, 0.6) is 0 Å². The maximum Gasteiger partial charge on any atom is 0.335 e. The molecule has 0 saturated carbocycles. The summed E-state index contributed by atoms with van der Waals surface area (Å²) in [6.07, 6.45) is 0.739. The van der Waals surface area contributed by atoms with Crippen molar-refractivity contribution in [3.05, 3.63) is 65.2 Å². The summed E-state index contributed by atoms with van der Waals surface area (Å²) in [6, 6.07) is 14.3. The molecule has 2 N–H and O–H groups in total. The number of hydrogen-bond donors (Lipinski definition) is 2. The van der Waals surface area contributed by atoms with Gasteiger partial charge in [0.25, 0.3) is 0 Å². The molecule has 3 rings (SSSR count). The molecule has 2 aromatic carbocycles. The van der Waals surface area contributed by atoms with Crippen LogP contribution in [-0.2, 0) is 16.0 Å². The van der Waals surface area contributed by atoms with E-state index in [-0.39, 0.29) is 29.7 Å². The Morgan fingerprint density at radius 1 is 1.19 bits per heavy atom. The molecule has 2 amide bonds. The van der Waals surface area contributed by atoms with Crippen LogP contribution in [0.2, 0.25) is 0 Å². The SMILES string of the molecule is Cc1ccc(N2CC(C(=O)NCCc3cccc(C(=O)O)c3)CC2=O)cc1. The second-order valence-corrected chi connectivity index (χ2v) is 6.79. The highest BCUT2D eigenvalue weighted by atomic mass is 16.4. The van der Waals surface area contributed by atoms with Crippen LogP contribution < -0.4 is 10.2 Å². The Morgan fingerprint density at radius 3 is 2.63 bits per heavy atom. The Labute approximate surface area is 157 Å². The fourth-order valence-electron chi connectivity index (χ4n) is 3.19. The number of amides is 2. The highest BCUT2D eigenvalue weighted by molar-refractivity contribution is 6.00. The van der Waals surface area contributed by atoms with Crippen LogP contribution in [0.25, 0.3) is 0 Å². The van der Waals surface area contributed by atoms with E-state index in [0.717, 1.165) is 16.8 Å². The lowest BCUT2D eigenvalue weighted by Crippen LogP contribution is -2.34. The Morgan fingerprint density at radius 2 is 1.93 bits per heavy atom. The van der Waals surface area contributed by atoms with Crippen molar-refractivity contribution in [3.63, 3.8) is 0 Å². The minimum atomic E-state index is -0.971. The molecular weight excluding hydrogens is 344 g/mol. The number of carbonyl (C=O) groups is 3. The van der Waals surface area contributed by atoms with Crippen molar-refractivity contribution in [1.82, 2.24) is 5.32 Å². The lowest BCUT2D eigenvalue weighted by molar-refractivity contribution is -0.126. The van der Waals surface area contributed by atoms with Gasteiger partial charge in [-0.3, -0.25) is 9.59 Å². The van der Waals surface area contributed by atoms with E-state index in [1.807, 2.05) is 37.3 Å². The van der Waals surface area contributed by atoms with Crippen LogP contribution in [-0.4, -0.2) is 36.0 Å². The standard InChI is InChI=1S/C21H22N2O4/c1-14-5-7-18(8-6-14)23-13-17(12-19(23)24)20(25)22-10-9-15-3-2-4-16(11-15)21(26)27/h2-8,11,17H,9-10,12-13H2,1H3,(H,22,25)(H,26,27). The molecule has 1 fully saturated rings. The maximum atomic E-state index is 12.4.